The van der Waals surface area contributed by atoms with Crippen molar-refractivity contribution in [2.45, 2.75) is 25.7 Å². The van der Waals surface area contributed by atoms with Crippen molar-refractivity contribution in [2.75, 3.05) is 13.1 Å². The van der Waals surface area contributed by atoms with Gasteiger partial charge in [-0.2, -0.15) is 0 Å². The quantitative estimate of drug-likeness (QED) is 0.139. The number of carbonyl (C=O) groups excluding carboxylic acids is 1. The summed E-state index contributed by atoms with van der Waals surface area (Å²) < 4.78 is 0. The van der Waals surface area contributed by atoms with Crippen LogP contribution in [0.4, 0.5) is 0 Å². The van der Waals surface area contributed by atoms with Crippen molar-refractivity contribution >= 4 is 38.2 Å². The van der Waals surface area contributed by atoms with Crippen LogP contribution in [0.25, 0.3) is 42.8 Å². The Balaban J connectivity index is 1.47. The molecule has 4 aromatic carbocycles. The molecule has 1 N–H and O–H groups in total. The average molecular weight is 370 g/mol. The molecule has 0 aliphatic heterocycles. The summed E-state index contributed by atoms with van der Waals surface area (Å²) >= 11 is 0. The van der Waals surface area contributed by atoms with Gasteiger partial charge >= 0.3 is 0 Å². The third-order valence-corrected chi connectivity index (χ3v) is 5.29. The van der Waals surface area contributed by atoms with Crippen molar-refractivity contribution in [1.82, 2.24) is 5.32 Å². The second kappa shape index (κ2) is 8.15. The molecule has 0 spiro atoms. The van der Waals surface area contributed by atoms with E-state index in [4.69, 9.17) is 5.53 Å². The predicted octanol–water partition coefficient (Wildman–Crippen LogP) is 5.72. The summed E-state index contributed by atoms with van der Waals surface area (Å²) in [6.45, 7) is 0.968. The molecule has 0 radical (unpaired) electrons. The molecule has 0 aromatic heterocycles. The van der Waals surface area contributed by atoms with Gasteiger partial charge in [-0.3, -0.25) is 4.79 Å². The number of hydrogen-bond acceptors (Lipinski definition) is 2. The van der Waals surface area contributed by atoms with E-state index in [2.05, 4.69) is 69.9 Å². The lowest BCUT2D eigenvalue weighted by Crippen LogP contribution is -2.24. The molecule has 0 unspecified atom stereocenters. The van der Waals surface area contributed by atoms with E-state index >= 15 is 0 Å². The Morgan fingerprint density at radius 2 is 1.64 bits per heavy atom. The van der Waals surface area contributed by atoms with Gasteiger partial charge in [-0.15, -0.1) is 0 Å². The number of amides is 1. The first-order valence-corrected chi connectivity index (χ1v) is 9.71. The molecule has 0 heterocycles. The number of hydrogen-bond donors (Lipinski definition) is 1. The number of nitrogens with zero attached hydrogens (tertiary/aromatic N) is 3. The largest absolute Gasteiger partial charge is 0.356 e. The van der Waals surface area contributed by atoms with E-state index in [-0.39, 0.29) is 5.91 Å². The highest BCUT2D eigenvalue weighted by molar-refractivity contribution is 6.23. The molecule has 0 atom stereocenters. The van der Waals surface area contributed by atoms with Gasteiger partial charge in [-0.25, -0.2) is 0 Å². The third-order valence-electron chi connectivity index (χ3n) is 5.29. The van der Waals surface area contributed by atoms with Crippen molar-refractivity contribution in [2.24, 2.45) is 5.11 Å². The summed E-state index contributed by atoms with van der Waals surface area (Å²) in [6, 6.07) is 19.6. The van der Waals surface area contributed by atoms with Gasteiger partial charge in [0, 0.05) is 24.4 Å². The molecular formula is C23H22N4O. The zero-order valence-corrected chi connectivity index (χ0v) is 15.7. The molecule has 4 aromatic rings. The molecule has 1 amide bonds. The van der Waals surface area contributed by atoms with Crippen LogP contribution in [0.3, 0.4) is 0 Å². The SMILES string of the molecule is [N-]=[N+]=NCCCNC(=O)CCCc1ccc2ccc3cccc4ccc1c2c34. The van der Waals surface area contributed by atoms with E-state index in [1.807, 2.05) is 0 Å². The Morgan fingerprint density at radius 1 is 0.929 bits per heavy atom. The lowest BCUT2D eigenvalue weighted by atomic mass is 9.90. The molecule has 0 saturated carbocycles. The Bertz CT molecular complexity index is 1160. The molecule has 0 fully saturated rings. The van der Waals surface area contributed by atoms with Gasteiger partial charge in [0.05, 0.1) is 0 Å². The summed E-state index contributed by atoms with van der Waals surface area (Å²) in [5.74, 6) is 0.0543. The first-order chi connectivity index (χ1) is 13.8. The Morgan fingerprint density at radius 3 is 2.43 bits per heavy atom. The molecule has 28 heavy (non-hydrogen) atoms. The fourth-order valence-corrected chi connectivity index (χ4v) is 3.96. The first kappa shape index (κ1) is 18.1. The predicted molar refractivity (Wildman–Crippen MR) is 115 cm³/mol. The number of rotatable bonds is 8. The van der Waals surface area contributed by atoms with E-state index < -0.39 is 0 Å². The van der Waals surface area contributed by atoms with Gasteiger partial charge in [0.1, 0.15) is 0 Å². The second-order valence-corrected chi connectivity index (χ2v) is 7.09. The third kappa shape index (κ3) is 3.57. The molecular weight excluding hydrogens is 348 g/mol. The highest BCUT2D eigenvalue weighted by Gasteiger charge is 2.11. The highest BCUT2D eigenvalue weighted by atomic mass is 16.1. The molecule has 0 bridgehead atoms. The summed E-state index contributed by atoms with van der Waals surface area (Å²) in [7, 11) is 0. The number of benzene rings is 4. The van der Waals surface area contributed by atoms with Crippen LogP contribution in [-0.4, -0.2) is 19.0 Å². The number of azide groups is 1. The first-order valence-electron chi connectivity index (χ1n) is 9.71. The van der Waals surface area contributed by atoms with E-state index in [9.17, 15) is 4.79 Å². The van der Waals surface area contributed by atoms with Gasteiger partial charge < -0.3 is 5.32 Å². The minimum atomic E-state index is 0.0543. The number of carbonyl (C=O) groups is 1. The molecule has 5 heteroatoms. The van der Waals surface area contributed by atoms with Crippen LogP contribution >= 0.6 is 0 Å². The Labute approximate surface area is 163 Å². The van der Waals surface area contributed by atoms with Crippen molar-refractivity contribution in [3.8, 4) is 0 Å². The van der Waals surface area contributed by atoms with Crippen LogP contribution in [-0.2, 0) is 11.2 Å². The molecule has 140 valence electrons. The normalized spacial score (nSPS) is 11.1. The van der Waals surface area contributed by atoms with Crippen molar-refractivity contribution in [3.05, 3.63) is 70.6 Å². The molecule has 0 aliphatic rings. The summed E-state index contributed by atoms with van der Waals surface area (Å²) in [4.78, 5) is 14.7. The zero-order valence-electron chi connectivity index (χ0n) is 15.7. The smallest absolute Gasteiger partial charge is 0.220 e. The van der Waals surface area contributed by atoms with Gasteiger partial charge in [-0.1, -0.05) is 59.7 Å². The maximum Gasteiger partial charge on any atom is 0.220 e. The number of nitrogens with one attached hydrogen (secondary N) is 1. The molecule has 0 aliphatic carbocycles. The molecule has 4 rings (SSSR count). The fourth-order valence-electron chi connectivity index (χ4n) is 3.96. The van der Waals surface area contributed by atoms with Gasteiger partial charge in [-0.05, 0) is 62.7 Å². The Hall–Kier alpha value is -3.30. The van der Waals surface area contributed by atoms with Crippen LogP contribution in [0, 0.1) is 0 Å². The van der Waals surface area contributed by atoms with Crippen LogP contribution < -0.4 is 5.32 Å². The lowest BCUT2D eigenvalue weighted by Gasteiger charge is -2.14. The summed E-state index contributed by atoms with van der Waals surface area (Å²) in [5, 5.41) is 14.1. The topological polar surface area (TPSA) is 77.9 Å². The summed E-state index contributed by atoms with van der Waals surface area (Å²) in [5.41, 5.74) is 9.53. The monoisotopic (exact) mass is 370 g/mol. The minimum Gasteiger partial charge on any atom is -0.356 e. The van der Waals surface area contributed by atoms with Crippen molar-refractivity contribution in [3.63, 3.8) is 0 Å². The second-order valence-electron chi connectivity index (χ2n) is 7.09. The van der Waals surface area contributed by atoms with Crippen LogP contribution in [0.15, 0.2) is 59.7 Å². The van der Waals surface area contributed by atoms with E-state index in [1.165, 1.54) is 37.9 Å². The fraction of sp³-hybridized carbons (Fsp3) is 0.261. The average Bonchev–Trinajstić information content (AvgIpc) is 2.72. The van der Waals surface area contributed by atoms with Crippen LogP contribution in [0.5, 0.6) is 0 Å². The van der Waals surface area contributed by atoms with Crippen LogP contribution in [0.2, 0.25) is 0 Å². The Kier molecular flexibility index (Phi) is 5.27. The van der Waals surface area contributed by atoms with E-state index in [1.54, 1.807) is 0 Å². The summed E-state index contributed by atoms with van der Waals surface area (Å²) in [6.07, 6.45) is 2.86. The zero-order chi connectivity index (χ0) is 19.3. The maximum absolute atomic E-state index is 12.0. The van der Waals surface area contributed by atoms with Gasteiger partial charge in [0.2, 0.25) is 5.91 Å². The molecule has 0 saturated heterocycles. The number of aryl methyl sites for hydroxylation is 1. The van der Waals surface area contributed by atoms with Gasteiger partial charge in [0.25, 0.3) is 0 Å². The maximum atomic E-state index is 12.0. The van der Waals surface area contributed by atoms with Gasteiger partial charge in [0.15, 0.2) is 0 Å². The van der Waals surface area contributed by atoms with Crippen molar-refractivity contribution in [1.29, 1.82) is 0 Å². The minimum absolute atomic E-state index is 0.0543. The lowest BCUT2D eigenvalue weighted by molar-refractivity contribution is -0.121. The van der Waals surface area contributed by atoms with Crippen molar-refractivity contribution < 1.29 is 4.79 Å². The van der Waals surface area contributed by atoms with E-state index in [0.717, 1.165) is 12.8 Å². The molecule has 5 nitrogen and oxygen atoms in total. The van der Waals surface area contributed by atoms with Crippen LogP contribution in [0.1, 0.15) is 24.8 Å². The standard InChI is InChI=1S/C23H22N4O/c24-27-26-15-3-14-25-21(28)7-2-4-16-8-9-19-11-10-17-5-1-6-18-12-13-20(16)23(19)22(17)18/h1,5-6,8-13H,2-4,7,14-15H2,(H,25,28). The highest BCUT2D eigenvalue weighted by Crippen LogP contribution is 2.36. The van der Waals surface area contributed by atoms with E-state index in [0.29, 0.717) is 25.9 Å².